The average molecular weight is 508 g/mol. The molecule has 0 aliphatic carbocycles. The van der Waals surface area contributed by atoms with E-state index in [9.17, 15) is 9.90 Å². The summed E-state index contributed by atoms with van der Waals surface area (Å²) in [4.78, 5) is 28.4. The van der Waals surface area contributed by atoms with Crippen LogP contribution in [0.5, 0.6) is 0 Å². The highest BCUT2D eigenvalue weighted by atomic mass is 16.3. The summed E-state index contributed by atoms with van der Waals surface area (Å²) >= 11 is 0. The molecular weight excluding hydrogens is 482 g/mol. The maximum Gasteiger partial charge on any atom is 0.291 e. The minimum absolute atomic E-state index is 0.130. The lowest BCUT2D eigenvalue weighted by Gasteiger charge is -2.43. The zero-order chi connectivity index (χ0) is 25.9. The van der Waals surface area contributed by atoms with Crippen LogP contribution >= 0.6 is 0 Å². The first-order valence-electron chi connectivity index (χ1n) is 12.6. The number of nitrogens with one attached hydrogen (secondary N) is 1. The van der Waals surface area contributed by atoms with Crippen LogP contribution in [0.1, 0.15) is 42.0 Å². The van der Waals surface area contributed by atoms with Crippen molar-refractivity contribution in [1.82, 2.24) is 39.7 Å². The van der Waals surface area contributed by atoms with Crippen LogP contribution in [0.2, 0.25) is 0 Å². The molecule has 5 aromatic rings. The Labute approximate surface area is 217 Å². The van der Waals surface area contributed by atoms with Crippen molar-refractivity contribution in [2.24, 2.45) is 0 Å². The number of hydrogen-bond acceptors (Lipinski definition) is 8. The number of aliphatic hydroxyl groups is 1. The summed E-state index contributed by atoms with van der Waals surface area (Å²) in [5, 5.41) is 22.8. The van der Waals surface area contributed by atoms with Crippen molar-refractivity contribution in [3.63, 3.8) is 0 Å². The number of carbonyl (C=O) groups is 1. The fraction of sp³-hybridized carbons (Fsp3) is 0.259. The van der Waals surface area contributed by atoms with E-state index < -0.39 is 5.60 Å². The number of anilines is 1. The van der Waals surface area contributed by atoms with E-state index in [2.05, 4.69) is 25.3 Å². The molecule has 1 amide bonds. The third-order valence-corrected chi connectivity index (χ3v) is 7.74. The number of nitrogen functional groups attached to an aromatic ring is 1. The van der Waals surface area contributed by atoms with Crippen molar-refractivity contribution in [2.75, 3.05) is 5.73 Å². The molecule has 2 bridgehead atoms. The standard InChI is InChI=1S/C27H25N9O2/c28-23-10-22(27(38)11-18-7-8-19(12-27)35(18)26(37)24-30-15-31-34-24)33-25-20(14-32-36(23)25)17-6-9-21(29-13-17)16-4-2-1-3-5-16/h1-6,9-10,13-15,18-19,38H,7-8,11-12,28H2,(H,30,31,34)/t18-,19+,27?. The van der Waals surface area contributed by atoms with Crippen LogP contribution in [0.4, 0.5) is 5.82 Å². The Bertz CT molecular complexity index is 1620. The van der Waals surface area contributed by atoms with Crippen molar-refractivity contribution in [1.29, 1.82) is 0 Å². The smallest absolute Gasteiger partial charge is 0.291 e. The van der Waals surface area contributed by atoms with E-state index in [0.29, 0.717) is 30.0 Å². The Kier molecular flexibility index (Phi) is 5.02. The highest BCUT2D eigenvalue weighted by molar-refractivity contribution is 5.91. The Hall–Kier alpha value is -4.64. The van der Waals surface area contributed by atoms with Crippen molar-refractivity contribution in [3.05, 3.63) is 78.8 Å². The molecule has 6 heterocycles. The van der Waals surface area contributed by atoms with E-state index in [1.165, 1.54) is 6.33 Å². The van der Waals surface area contributed by atoms with Crippen LogP contribution in [0, 0.1) is 0 Å². The molecule has 38 heavy (non-hydrogen) atoms. The van der Waals surface area contributed by atoms with E-state index in [-0.39, 0.29) is 23.8 Å². The first kappa shape index (κ1) is 22.5. The molecule has 2 saturated heterocycles. The molecule has 0 spiro atoms. The molecule has 1 aromatic carbocycles. The van der Waals surface area contributed by atoms with Crippen LogP contribution in [-0.2, 0) is 5.60 Å². The average Bonchev–Trinajstić information content (AvgIpc) is 3.68. The number of fused-ring (bicyclic) bond motifs is 3. The number of amides is 1. The third kappa shape index (κ3) is 3.54. The molecule has 2 fully saturated rings. The van der Waals surface area contributed by atoms with Crippen molar-refractivity contribution < 1.29 is 9.90 Å². The fourth-order valence-corrected chi connectivity index (χ4v) is 5.96. The van der Waals surface area contributed by atoms with Gasteiger partial charge < -0.3 is 15.7 Å². The van der Waals surface area contributed by atoms with Gasteiger partial charge in [-0.15, -0.1) is 0 Å². The second kappa shape index (κ2) is 8.45. The van der Waals surface area contributed by atoms with Crippen molar-refractivity contribution >= 4 is 17.4 Å². The monoisotopic (exact) mass is 507 g/mol. The lowest BCUT2D eigenvalue weighted by atomic mass is 9.83. The number of hydrogen-bond donors (Lipinski definition) is 3. The molecule has 2 aliphatic rings. The SMILES string of the molecule is Nc1cc(C2(O)C[C@H]3CC[C@@H](C2)N3C(=O)c2ncn[nH]2)nc2c(-c3ccc(-c4ccccc4)nc3)cnn12. The lowest BCUT2D eigenvalue weighted by molar-refractivity contribution is -0.0509. The normalized spacial score (nSPS) is 22.7. The van der Waals surface area contributed by atoms with Crippen LogP contribution in [-0.4, -0.2) is 62.8 Å². The van der Waals surface area contributed by atoms with E-state index in [1.54, 1.807) is 23.0 Å². The molecule has 0 radical (unpaired) electrons. The number of nitrogens with zero attached hydrogens (tertiary/aromatic N) is 7. The molecule has 3 atom stereocenters. The number of rotatable bonds is 4. The van der Waals surface area contributed by atoms with Crippen molar-refractivity contribution in [3.8, 4) is 22.4 Å². The molecule has 11 nitrogen and oxygen atoms in total. The molecule has 1 unspecified atom stereocenters. The van der Waals surface area contributed by atoms with Gasteiger partial charge in [-0.2, -0.15) is 14.7 Å². The Morgan fingerprint density at radius 2 is 1.82 bits per heavy atom. The molecule has 7 rings (SSSR count). The first-order chi connectivity index (χ1) is 18.5. The van der Waals surface area contributed by atoms with Gasteiger partial charge in [-0.25, -0.2) is 9.97 Å². The van der Waals surface area contributed by atoms with Gasteiger partial charge in [-0.3, -0.25) is 14.9 Å². The van der Waals surface area contributed by atoms with Gasteiger partial charge in [0.05, 0.1) is 17.6 Å². The Balaban J connectivity index is 1.22. The maximum atomic E-state index is 13.0. The van der Waals surface area contributed by atoms with E-state index in [4.69, 9.17) is 10.7 Å². The molecular formula is C27H25N9O2. The number of nitrogens with two attached hydrogens (primary N) is 1. The second-order valence-electron chi connectivity index (χ2n) is 10.0. The number of aromatic amines is 1. The quantitative estimate of drug-likeness (QED) is 0.336. The minimum Gasteiger partial charge on any atom is -0.384 e. The number of H-pyrrole nitrogens is 1. The summed E-state index contributed by atoms with van der Waals surface area (Å²) in [5.74, 6) is 0.405. The largest absolute Gasteiger partial charge is 0.384 e. The van der Waals surface area contributed by atoms with E-state index in [0.717, 1.165) is 35.2 Å². The number of pyridine rings is 1. The van der Waals surface area contributed by atoms with Gasteiger partial charge in [0.1, 0.15) is 17.7 Å². The van der Waals surface area contributed by atoms with Gasteiger partial charge in [-0.05, 0) is 18.9 Å². The van der Waals surface area contributed by atoms with E-state index >= 15 is 0 Å². The van der Waals surface area contributed by atoms with E-state index in [1.807, 2.05) is 47.4 Å². The molecule has 4 N–H and O–H groups in total. The number of benzene rings is 1. The zero-order valence-corrected chi connectivity index (χ0v) is 20.4. The minimum atomic E-state index is -1.23. The summed E-state index contributed by atoms with van der Waals surface area (Å²) < 4.78 is 1.57. The van der Waals surface area contributed by atoms with Gasteiger partial charge in [-0.1, -0.05) is 36.4 Å². The number of piperidine rings is 1. The van der Waals surface area contributed by atoms with Crippen molar-refractivity contribution in [2.45, 2.75) is 43.4 Å². The molecule has 2 aliphatic heterocycles. The molecule has 4 aromatic heterocycles. The van der Waals surface area contributed by atoms with Crippen LogP contribution < -0.4 is 5.73 Å². The number of carbonyl (C=O) groups excluding carboxylic acids is 1. The van der Waals surface area contributed by atoms with Gasteiger partial charge in [0.15, 0.2) is 5.65 Å². The Morgan fingerprint density at radius 3 is 2.50 bits per heavy atom. The van der Waals surface area contributed by atoms with Gasteiger partial charge in [0.2, 0.25) is 5.82 Å². The molecule has 190 valence electrons. The fourth-order valence-electron chi connectivity index (χ4n) is 5.96. The van der Waals surface area contributed by atoms with Crippen LogP contribution in [0.25, 0.3) is 28.0 Å². The summed E-state index contributed by atoms with van der Waals surface area (Å²) in [5.41, 5.74) is 9.73. The molecule has 0 saturated carbocycles. The summed E-state index contributed by atoms with van der Waals surface area (Å²) in [6, 6.07) is 15.4. The van der Waals surface area contributed by atoms with Gasteiger partial charge >= 0.3 is 0 Å². The highest BCUT2D eigenvalue weighted by Crippen LogP contribution is 2.46. The first-order valence-corrected chi connectivity index (χ1v) is 12.6. The third-order valence-electron chi connectivity index (χ3n) is 7.74. The lowest BCUT2D eigenvalue weighted by Crippen LogP contribution is -2.52. The van der Waals surface area contributed by atoms with Crippen LogP contribution in [0.3, 0.4) is 0 Å². The topological polar surface area (TPSA) is 151 Å². The van der Waals surface area contributed by atoms with Crippen LogP contribution in [0.15, 0.2) is 67.3 Å². The maximum absolute atomic E-state index is 13.0. The van der Waals surface area contributed by atoms with Gasteiger partial charge in [0, 0.05) is 53.9 Å². The predicted octanol–water partition coefficient (Wildman–Crippen LogP) is 2.81. The van der Waals surface area contributed by atoms with Gasteiger partial charge in [0.25, 0.3) is 5.91 Å². The zero-order valence-electron chi connectivity index (χ0n) is 20.4. The highest BCUT2D eigenvalue weighted by Gasteiger charge is 2.51. The predicted molar refractivity (Wildman–Crippen MR) is 139 cm³/mol. The number of aromatic nitrogens is 7. The Morgan fingerprint density at radius 1 is 1.03 bits per heavy atom. The summed E-state index contributed by atoms with van der Waals surface area (Å²) in [7, 11) is 0. The summed E-state index contributed by atoms with van der Waals surface area (Å²) in [6.07, 6.45) is 7.18. The summed E-state index contributed by atoms with van der Waals surface area (Å²) in [6.45, 7) is 0. The second-order valence-corrected chi connectivity index (χ2v) is 10.0. The molecule has 11 heteroatoms.